The molecule has 3 heterocycles. The number of amides is 3. The molecule has 2 aliphatic rings. The van der Waals surface area contributed by atoms with E-state index in [0.717, 1.165) is 0 Å². The molecule has 45 heavy (non-hydrogen) atoms. The van der Waals surface area contributed by atoms with Crippen LogP contribution in [0.2, 0.25) is 10.0 Å². The number of carbonyl (C=O) groups excluding carboxylic acids is 3. The molecule has 0 bridgehead atoms. The summed E-state index contributed by atoms with van der Waals surface area (Å²) < 4.78 is 33.0. The Bertz CT molecular complexity index is 1610. The summed E-state index contributed by atoms with van der Waals surface area (Å²) in [5, 5.41) is 16.4. The second kappa shape index (κ2) is 13.7. The summed E-state index contributed by atoms with van der Waals surface area (Å²) in [7, 11) is 1.55. The molecule has 0 unspecified atom stereocenters. The highest BCUT2D eigenvalue weighted by molar-refractivity contribution is 6.34. The van der Waals surface area contributed by atoms with Crippen LogP contribution < -0.4 is 15.4 Å². The van der Waals surface area contributed by atoms with Crippen molar-refractivity contribution in [2.45, 2.75) is 24.9 Å². The first-order valence-corrected chi connectivity index (χ1v) is 15.1. The third-order valence-electron chi connectivity index (χ3n) is 8.12. The van der Waals surface area contributed by atoms with Crippen LogP contribution >= 0.6 is 23.2 Å². The van der Waals surface area contributed by atoms with Gasteiger partial charge in [0.2, 0.25) is 12.8 Å². The maximum Gasteiger partial charge on any atom is 0.291 e. The molecule has 0 atom stereocenters. The predicted octanol–water partition coefficient (Wildman–Crippen LogP) is 3.88. The molecule has 0 radical (unpaired) electrons. The van der Waals surface area contributed by atoms with E-state index in [-0.39, 0.29) is 51.0 Å². The van der Waals surface area contributed by atoms with Crippen LogP contribution in [0.3, 0.4) is 0 Å². The van der Waals surface area contributed by atoms with Gasteiger partial charge in [-0.15, -0.1) is 0 Å². The Labute approximate surface area is 268 Å². The third-order valence-corrected chi connectivity index (χ3v) is 8.80. The molecule has 2 aromatic carbocycles. The fourth-order valence-electron chi connectivity index (χ4n) is 5.52. The van der Waals surface area contributed by atoms with Gasteiger partial charge in [0.15, 0.2) is 17.4 Å². The summed E-state index contributed by atoms with van der Waals surface area (Å²) in [6, 6.07) is 7.16. The summed E-state index contributed by atoms with van der Waals surface area (Å²) in [6.07, 6.45) is 2.47. The zero-order valence-electron chi connectivity index (χ0n) is 24.4. The van der Waals surface area contributed by atoms with Gasteiger partial charge in [-0.2, -0.15) is 0 Å². The Hall–Kier alpha value is -3.78. The van der Waals surface area contributed by atoms with Gasteiger partial charge in [0.1, 0.15) is 0 Å². The number of carbonyl (C=O) groups is 3. The highest BCUT2D eigenvalue weighted by atomic mass is 35.5. The van der Waals surface area contributed by atoms with Gasteiger partial charge in [0, 0.05) is 44.5 Å². The van der Waals surface area contributed by atoms with E-state index >= 15 is 0 Å². The van der Waals surface area contributed by atoms with E-state index in [2.05, 4.69) is 20.4 Å². The van der Waals surface area contributed by atoms with Gasteiger partial charge < -0.3 is 34.8 Å². The number of nitrogens with one attached hydrogen (secondary N) is 2. The quantitative estimate of drug-likeness (QED) is 0.333. The highest BCUT2D eigenvalue weighted by Gasteiger charge is 2.35. The van der Waals surface area contributed by atoms with E-state index in [1.165, 1.54) is 41.1 Å². The van der Waals surface area contributed by atoms with Crippen molar-refractivity contribution in [2.24, 2.45) is 7.05 Å². The molecule has 1 aromatic heterocycles. The molecular formula is C30H32Cl2F2N6O5. The van der Waals surface area contributed by atoms with Crippen molar-refractivity contribution in [3.63, 3.8) is 0 Å². The minimum absolute atomic E-state index is 0.0125. The van der Waals surface area contributed by atoms with Gasteiger partial charge in [-0.1, -0.05) is 23.2 Å². The molecule has 2 saturated heterocycles. The summed E-state index contributed by atoms with van der Waals surface area (Å²) in [5.74, 6) is -2.31. The van der Waals surface area contributed by atoms with Crippen LogP contribution in [-0.4, -0.2) is 93.9 Å². The smallest absolute Gasteiger partial charge is 0.291 e. The topological polar surface area (TPSA) is 129 Å². The molecule has 3 aromatic rings. The summed E-state index contributed by atoms with van der Waals surface area (Å²) in [4.78, 5) is 46.5. The Morgan fingerprint density at radius 2 is 1.78 bits per heavy atom. The molecule has 2 fully saturated rings. The van der Waals surface area contributed by atoms with E-state index in [1.807, 2.05) is 0 Å². The number of nitrogens with zero attached hydrogens (tertiary/aromatic N) is 4. The molecule has 5 rings (SSSR count). The Morgan fingerprint density at radius 3 is 2.44 bits per heavy atom. The molecule has 11 nitrogen and oxygen atoms in total. The second-order valence-electron chi connectivity index (χ2n) is 11.0. The first-order chi connectivity index (χ1) is 21.5. The number of rotatable bonds is 8. The minimum atomic E-state index is -1.22. The number of halogens is 4. The van der Waals surface area contributed by atoms with Gasteiger partial charge in [-0.25, -0.2) is 13.8 Å². The van der Waals surface area contributed by atoms with Gasteiger partial charge in [-0.3, -0.25) is 14.4 Å². The van der Waals surface area contributed by atoms with Crippen LogP contribution in [0.25, 0.3) is 11.3 Å². The van der Waals surface area contributed by atoms with E-state index in [1.54, 1.807) is 16.8 Å². The van der Waals surface area contributed by atoms with E-state index in [0.29, 0.717) is 63.5 Å². The number of anilines is 1. The lowest BCUT2D eigenvalue weighted by Crippen LogP contribution is -2.53. The predicted molar refractivity (Wildman–Crippen MR) is 164 cm³/mol. The lowest BCUT2D eigenvalue weighted by Gasteiger charge is -2.38. The standard InChI is InChI=1S/C30H32Cl2F2N6O5/c1-38-22(20-4-5-23(45-17-33)26(34)25(20)32)16-36-27(38)28(42)37-18-2-3-19(21(31)14-18)29(43)40-12-10-39(11-13-40)24(41)15-30(44)6-8-35-9-7-30/h2-5,14,16,35,44H,6-13,15,17H2,1H3,(H,37,42). The van der Waals surface area contributed by atoms with E-state index in [9.17, 15) is 28.3 Å². The summed E-state index contributed by atoms with van der Waals surface area (Å²) >= 11 is 12.6. The third kappa shape index (κ3) is 7.06. The fourth-order valence-corrected chi connectivity index (χ4v) is 6.03. The van der Waals surface area contributed by atoms with Gasteiger partial charge in [0.25, 0.3) is 11.8 Å². The Morgan fingerprint density at radius 1 is 1.09 bits per heavy atom. The monoisotopic (exact) mass is 664 g/mol. The molecule has 2 aliphatic heterocycles. The number of hydrogen-bond donors (Lipinski definition) is 3. The highest BCUT2D eigenvalue weighted by Crippen LogP contribution is 2.35. The van der Waals surface area contributed by atoms with E-state index in [4.69, 9.17) is 23.2 Å². The number of piperidine rings is 1. The number of aliphatic hydroxyl groups is 1. The number of aromatic nitrogens is 2. The van der Waals surface area contributed by atoms with Crippen LogP contribution in [0.15, 0.2) is 36.5 Å². The van der Waals surface area contributed by atoms with Crippen molar-refractivity contribution in [3.8, 4) is 17.0 Å². The van der Waals surface area contributed by atoms with Crippen LogP contribution in [0.5, 0.6) is 5.75 Å². The molecule has 3 amide bonds. The normalized spacial score (nSPS) is 16.4. The number of hydrogen-bond acceptors (Lipinski definition) is 7. The molecule has 240 valence electrons. The van der Waals surface area contributed by atoms with Crippen molar-refractivity contribution >= 4 is 46.6 Å². The largest absolute Gasteiger partial charge is 0.460 e. The van der Waals surface area contributed by atoms with Crippen LogP contribution in [-0.2, 0) is 11.8 Å². The number of benzene rings is 2. The zero-order valence-corrected chi connectivity index (χ0v) is 25.9. The van der Waals surface area contributed by atoms with Crippen molar-refractivity contribution in [3.05, 3.63) is 63.8 Å². The maximum absolute atomic E-state index is 14.5. The number of ether oxygens (including phenoxy) is 1. The maximum atomic E-state index is 14.5. The number of imidazole rings is 1. The summed E-state index contributed by atoms with van der Waals surface area (Å²) in [5.41, 5.74) is 0.123. The van der Waals surface area contributed by atoms with Crippen molar-refractivity contribution in [2.75, 3.05) is 51.4 Å². The van der Waals surface area contributed by atoms with Gasteiger partial charge >= 0.3 is 0 Å². The van der Waals surface area contributed by atoms with Crippen LogP contribution in [0.1, 0.15) is 40.2 Å². The molecule has 0 saturated carbocycles. The molecular weight excluding hydrogens is 633 g/mol. The Balaban J connectivity index is 1.20. The molecule has 15 heteroatoms. The van der Waals surface area contributed by atoms with Crippen molar-refractivity contribution in [1.29, 1.82) is 0 Å². The van der Waals surface area contributed by atoms with Crippen LogP contribution in [0, 0.1) is 5.82 Å². The number of alkyl halides is 1. The summed E-state index contributed by atoms with van der Waals surface area (Å²) in [6.45, 7) is 1.47. The van der Waals surface area contributed by atoms with Crippen molar-refractivity contribution < 1.29 is 33.0 Å². The van der Waals surface area contributed by atoms with Gasteiger partial charge in [0.05, 0.1) is 39.5 Å². The van der Waals surface area contributed by atoms with Crippen LogP contribution in [0.4, 0.5) is 14.5 Å². The number of piperazine rings is 1. The average molecular weight is 666 g/mol. The lowest BCUT2D eigenvalue weighted by molar-refractivity contribution is -0.139. The second-order valence-corrected chi connectivity index (χ2v) is 11.8. The first kappa shape index (κ1) is 32.6. The molecule has 0 spiro atoms. The lowest BCUT2D eigenvalue weighted by atomic mass is 9.88. The fraction of sp³-hybridized carbons (Fsp3) is 0.400. The first-order valence-electron chi connectivity index (χ1n) is 14.3. The van der Waals surface area contributed by atoms with Crippen molar-refractivity contribution in [1.82, 2.24) is 24.7 Å². The Kier molecular flexibility index (Phi) is 9.92. The van der Waals surface area contributed by atoms with E-state index < -0.39 is 24.2 Å². The molecule has 0 aliphatic carbocycles. The SMILES string of the molecule is Cn1c(-c2ccc(OCF)c(F)c2Cl)cnc1C(=O)Nc1ccc(C(=O)N2CCN(C(=O)CC3(O)CCNCC3)CC2)c(Cl)c1. The molecule has 3 N–H and O–H groups in total. The van der Waals surface area contributed by atoms with Gasteiger partial charge in [-0.05, 0) is 56.3 Å². The minimum Gasteiger partial charge on any atom is -0.460 e. The average Bonchev–Trinajstić information content (AvgIpc) is 3.40. The zero-order chi connectivity index (χ0) is 32.3.